The van der Waals surface area contributed by atoms with E-state index in [1.807, 2.05) is 6.92 Å². The number of rotatable bonds is 2. The first-order valence-electron chi connectivity index (χ1n) is 4.67. The highest BCUT2D eigenvalue weighted by atomic mass is 35.5. The van der Waals surface area contributed by atoms with Crippen molar-refractivity contribution in [2.45, 2.75) is 6.92 Å². The van der Waals surface area contributed by atoms with Crippen LogP contribution in [0.25, 0.3) is 0 Å². The Hall–Kier alpha value is -1.81. The number of nitrogens with zero attached hydrogens (tertiary/aromatic N) is 2. The van der Waals surface area contributed by atoms with Crippen molar-refractivity contribution >= 4 is 17.3 Å². The van der Waals surface area contributed by atoms with E-state index in [4.69, 9.17) is 22.1 Å². The number of anilines is 1. The van der Waals surface area contributed by atoms with E-state index in [0.29, 0.717) is 22.3 Å². The Balaban J connectivity index is 2.34. The minimum Gasteiger partial charge on any atom is -0.435 e. The number of hydrogen-bond acceptors (Lipinski definition) is 4. The van der Waals surface area contributed by atoms with Crippen LogP contribution in [0, 0.1) is 6.92 Å². The first-order valence-corrected chi connectivity index (χ1v) is 5.05. The van der Waals surface area contributed by atoms with Crippen molar-refractivity contribution in [2.75, 3.05) is 5.73 Å². The molecular formula is C11H10ClN3O. The highest BCUT2D eigenvalue weighted by molar-refractivity contribution is 6.32. The fraction of sp³-hybridized carbons (Fsp3) is 0.0909. The summed E-state index contributed by atoms with van der Waals surface area (Å²) in [5, 5.41) is 0.455. The second-order valence-electron chi connectivity index (χ2n) is 3.26. The van der Waals surface area contributed by atoms with Crippen LogP contribution < -0.4 is 10.5 Å². The number of nitrogen functional groups attached to an aromatic ring is 1. The molecule has 0 fully saturated rings. The van der Waals surface area contributed by atoms with Crippen molar-refractivity contribution in [3.8, 4) is 11.6 Å². The van der Waals surface area contributed by atoms with Crippen LogP contribution in [0.5, 0.6) is 11.6 Å². The summed E-state index contributed by atoms with van der Waals surface area (Å²) in [6.07, 6.45) is 1.43. The minimum atomic E-state index is 0.419. The predicted molar refractivity (Wildman–Crippen MR) is 62.7 cm³/mol. The first-order chi connectivity index (χ1) is 7.66. The lowest BCUT2D eigenvalue weighted by Crippen LogP contribution is -1.95. The first kappa shape index (κ1) is 10.7. The summed E-state index contributed by atoms with van der Waals surface area (Å²) >= 11 is 5.97. The standard InChI is InChI=1S/C11H10ClN3O/c1-7-5-10(15-6-14-7)16-11-8(12)3-2-4-9(11)13/h2-6H,13H2,1H3. The molecule has 1 aromatic heterocycles. The van der Waals surface area contributed by atoms with Gasteiger partial charge in [0.25, 0.3) is 0 Å². The second-order valence-corrected chi connectivity index (χ2v) is 3.67. The van der Waals surface area contributed by atoms with Crippen molar-refractivity contribution in [1.82, 2.24) is 9.97 Å². The second kappa shape index (κ2) is 4.37. The van der Waals surface area contributed by atoms with Gasteiger partial charge in [0.15, 0.2) is 5.75 Å². The molecule has 5 heteroatoms. The van der Waals surface area contributed by atoms with E-state index < -0.39 is 0 Å². The smallest absolute Gasteiger partial charge is 0.222 e. The summed E-state index contributed by atoms with van der Waals surface area (Å²) in [7, 11) is 0. The number of halogens is 1. The van der Waals surface area contributed by atoms with Crippen LogP contribution in [-0.4, -0.2) is 9.97 Å². The molecule has 82 valence electrons. The summed E-state index contributed by atoms with van der Waals surface area (Å²) in [5.41, 5.74) is 7.05. The normalized spacial score (nSPS) is 10.1. The van der Waals surface area contributed by atoms with E-state index in [2.05, 4.69) is 9.97 Å². The Morgan fingerprint density at radius 3 is 2.81 bits per heavy atom. The van der Waals surface area contributed by atoms with Gasteiger partial charge in [-0.05, 0) is 19.1 Å². The number of nitrogens with two attached hydrogens (primary N) is 1. The van der Waals surface area contributed by atoms with Gasteiger partial charge in [0.2, 0.25) is 5.88 Å². The third-order valence-corrected chi connectivity index (χ3v) is 2.28. The van der Waals surface area contributed by atoms with E-state index in [0.717, 1.165) is 5.69 Å². The molecule has 2 N–H and O–H groups in total. The Labute approximate surface area is 98.0 Å². The number of para-hydroxylation sites is 1. The fourth-order valence-corrected chi connectivity index (χ4v) is 1.44. The maximum Gasteiger partial charge on any atom is 0.222 e. The molecule has 16 heavy (non-hydrogen) atoms. The fourth-order valence-electron chi connectivity index (χ4n) is 1.22. The molecule has 1 aromatic carbocycles. The molecule has 1 heterocycles. The zero-order valence-corrected chi connectivity index (χ0v) is 9.40. The van der Waals surface area contributed by atoms with E-state index in [1.54, 1.807) is 24.3 Å². The lowest BCUT2D eigenvalue weighted by Gasteiger charge is -2.08. The minimum absolute atomic E-state index is 0.419. The van der Waals surface area contributed by atoms with Gasteiger partial charge in [0, 0.05) is 11.8 Å². The van der Waals surface area contributed by atoms with E-state index in [9.17, 15) is 0 Å². The summed E-state index contributed by atoms with van der Waals surface area (Å²) < 4.78 is 5.51. The monoisotopic (exact) mass is 235 g/mol. The maximum absolute atomic E-state index is 5.97. The lowest BCUT2D eigenvalue weighted by atomic mass is 10.3. The molecule has 2 rings (SSSR count). The number of ether oxygens (including phenoxy) is 1. The average Bonchev–Trinajstić information content (AvgIpc) is 2.24. The molecule has 0 atom stereocenters. The average molecular weight is 236 g/mol. The molecule has 0 aliphatic carbocycles. The summed E-state index contributed by atoms with van der Waals surface area (Å²) in [4.78, 5) is 7.94. The number of aromatic nitrogens is 2. The molecule has 0 aliphatic heterocycles. The van der Waals surface area contributed by atoms with Crippen LogP contribution in [0.2, 0.25) is 5.02 Å². The Morgan fingerprint density at radius 2 is 2.12 bits per heavy atom. The van der Waals surface area contributed by atoms with Crippen molar-refractivity contribution in [1.29, 1.82) is 0 Å². The van der Waals surface area contributed by atoms with Crippen LogP contribution in [-0.2, 0) is 0 Å². The molecule has 0 radical (unpaired) electrons. The molecule has 0 unspecified atom stereocenters. The van der Waals surface area contributed by atoms with Gasteiger partial charge in [0.1, 0.15) is 6.33 Å². The molecule has 0 bridgehead atoms. The van der Waals surface area contributed by atoms with Crippen LogP contribution in [0.1, 0.15) is 5.69 Å². The molecule has 0 saturated carbocycles. The molecule has 0 amide bonds. The molecule has 4 nitrogen and oxygen atoms in total. The van der Waals surface area contributed by atoms with Gasteiger partial charge in [-0.2, -0.15) is 0 Å². The van der Waals surface area contributed by atoms with E-state index in [1.165, 1.54) is 6.33 Å². The maximum atomic E-state index is 5.97. The van der Waals surface area contributed by atoms with Gasteiger partial charge in [-0.1, -0.05) is 17.7 Å². The van der Waals surface area contributed by atoms with Crippen molar-refractivity contribution in [2.24, 2.45) is 0 Å². The molecule has 0 aliphatic rings. The summed E-state index contributed by atoms with van der Waals surface area (Å²) in [5.74, 6) is 0.842. The largest absolute Gasteiger partial charge is 0.435 e. The molecule has 0 saturated heterocycles. The Kier molecular flexibility index (Phi) is 2.92. The number of aryl methyl sites for hydroxylation is 1. The van der Waals surface area contributed by atoms with E-state index >= 15 is 0 Å². The van der Waals surface area contributed by atoms with Gasteiger partial charge in [-0.3, -0.25) is 0 Å². The zero-order chi connectivity index (χ0) is 11.5. The number of benzene rings is 1. The van der Waals surface area contributed by atoms with Gasteiger partial charge in [-0.25, -0.2) is 9.97 Å². The summed E-state index contributed by atoms with van der Waals surface area (Å²) in [6, 6.07) is 6.90. The van der Waals surface area contributed by atoms with Crippen molar-refractivity contribution < 1.29 is 4.74 Å². The number of hydrogen-bond donors (Lipinski definition) is 1. The van der Waals surface area contributed by atoms with Crippen LogP contribution >= 0.6 is 11.6 Å². The predicted octanol–water partition coefficient (Wildman–Crippen LogP) is 2.81. The molecular weight excluding hydrogens is 226 g/mol. The highest BCUT2D eigenvalue weighted by Gasteiger charge is 2.07. The van der Waals surface area contributed by atoms with Crippen LogP contribution in [0.3, 0.4) is 0 Å². The third kappa shape index (κ3) is 2.23. The van der Waals surface area contributed by atoms with Crippen LogP contribution in [0.4, 0.5) is 5.69 Å². The van der Waals surface area contributed by atoms with Crippen molar-refractivity contribution in [3.05, 3.63) is 41.3 Å². The highest BCUT2D eigenvalue weighted by Crippen LogP contribution is 2.33. The van der Waals surface area contributed by atoms with Gasteiger partial charge in [-0.15, -0.1) is 0 Å². The Bertz CT molecular complexity index is 496. The molecule has 2 aromatic rings. The van der Waals surface area contributed by atoms with Crippen molar-refractivity contribution in [3.63, 3.8) is 0 Å². The van der Waals surface area contributed by atoms with Gasteiger partial charge >= 0.3 is 0 Å². The lowest BCUT2D eigenvalue weighted by molar-refractivity contribution is 0.463. The third-order valence-electron chi connectivity index (χ3n) is 1.98. The molecule has 0 spiro atoms. The van der Waals surface area contributed by atoms with Gasteiger partial charge in [0.05, 0.1) is 10.7 Å². The zero-order valence-electron chi connectivity index (χ0n) is 8.64. The van der Waals surface area contributed by atoms with Crippen LogP contribution in [0.15, 0.2) is 30.6 Å². The van der Waals surface area contributed by atoms with E-state index in [-0.39, 0.29) is 0 Å². The quantitative estimate of drug-likeness (QED) is 0.813. The topological polar surface area (TPSA) is 61.0 Å². The Morgan fingerprint density at radius 1 is 1.31 bits per heavy atom. The SMILES string of the molecule is Cc1cc(Oc2c(N)cccc2Cl)ncn1. The summed E-state index contributed by atoms with van der Waals surface area (Å²) in [6.45, 7) is 1.85. The van der Waals surface area contributed by atoms with Gasteiger partial charge < -0.3 is 10.5 Å².